The van der Waals surface area contributed by atoms with E-state index in [-0.39, 0.29) is 0 Å². The van der Waals surface area contributed by atoms with Gasteiger partial charge < -0.3 is 9.79 Å². The lowest BCUT2D eigenvalue weighted by atomic mass is 9.94. The summed E-state index contributed by atoms with van der Waals surface area (Å²) >= 11 is 3.34. The maximum absolute atomic E-state index is 13.0. The molecule has 0 aliphatic carbocycles. The second-order valence-electron chi connectivity index (χ2n) is 4.45. The van der Waals surface area contributed by atoms with Crippen LogP contribution in [0.5, 0.6) is 0 Å². The predicted molar refractivity (Wildman–Crippen MR) is 52.5 cm³/mol. The third-order valence-electron chi connectivity index (χ3n) is 2.68. The molecule has 0 spiro atoms. The third kappa shape index (κ3) is 3.03. The average molecular weight is 466 g/mol. The van der Waals surface area contributed by atoms with Crippen molar-refractivity contribution in [1.29, 1.82) is 0 Å². The molecule has 19 heteroatoms. The van der Waals surface area contributed by atoms with Gasteiger partial charge in [-0.25, -0.2) is 0 Å². The molecule has 0 rings (SSSR count). The van der Waals surface area contributed by atoms with E-state index < -0.39 is 48.3 Å². The SMILES string of the molecule is O=P(O)(O)C(F)(F)C(F)(F)C(F)(F)C(F)(F)C(F)(F)C(F)(F)C(F)(F)Cl. The summed E-state index contributed by atoms with van der Waals surface area (Å²) in [5.74, 6) is -40.8. The molecule has 0 aromatic carbocycles. The lowest BCUT2D eigenvalue weighted by Crippen LogP contribution is -2.72. The van der Waals surface area contributed by atoms with Gasteiger partial charge in [-0.15, -0.1) is 0 Å². The second-order valence-corrected chi connectivity index (χ2v) is 6.58. The molecular formula is C7H2ClF14O3P. The highest BCUT2D eigenvalue weighted by atomic mass is 35.5. The Balaban J connectivity index is 6.66. The fourth-order valence-corrected chi connectivity index (χ4v) is 1.77. The molecule has 0 bridgehead atoms. The van der Waals surface area contributed by atoms with Gasteiger partial charge in [0.2, 0.25) is 0 Å². The maximum Gasteiger partial charge on any atom is 0.413 e. The lowest BCUT2D eigenvalue weighted by Gasteiger charge is -2.41. The molecule has 0 amide bonds. The topological polar surface area (TPSA) is 57.5 Å². The summed E-state index contributed by atoms with van der Waals surface area (Å²) in [6.07, 6.45) is 0. The molecule has 0 aliphatic heterocycles. The van der Waals surface area contributed by atoms with Crippen LogP contribution in [-0.4, -0.2) is 50.4 Å². The van der Waals surface area contributed by atoms with Gasteiger partial charge >= 0.3 is 48.3 Å². The Morgan fingerprint density at radius 1 is 0.538 bits per heavy atom. The molecular weight excluding hydrogens is 464 g/mol. The molecule has 158 valence electrons. The summed E-state index contributed by atoms with van der Waals surface area (Å²) in [5, 5.41) is -6.77. The first kappa shape index (κ1) is 25.5. The molecule has 3 nitrogen and oxygen atoms in total. The summed E-state index contributed by atoms with van der Waals surface area (Å²) in [6.45, 7) is 0. The molecule has 0 fully saturated rings. The van der Waals surface area contributed by atoms with E-state index in [0.29, 0.717) is 0 Å². The first-order chi connectivity index (χ1) is 10.8. The minimum atomic E-state index is -8.41. The van der Waals surface area contributed by atoms with E-state index in [1.807, 2.05) is 0 Å². The van der Waals surface area contributed by atoms with E-state index in [1.54, 1.807) is 0 Å². The van der Waals surface area contributed by atoms with E-state index in [9.17, 15) is 66.0 Å². The predicted octanol–water partition coefficient (Wildman–Crippen LogP) is 4.77. The van der Waals surface area contributed by atoms with Crippen LogP contribution in [0.15, 0.2) is 0 Å². The Morgan fingerprint density at radius 2 is 0.769 bits per heavy atom. The van der Waals surface area contributed by atoms with Crippen LogP contribution < -0.4 is 0 Å². The third-order valence-corrected chi connectivity index (χ3v) is 3.93. The van der Waals surface area contributed by atoms with Gasteiger partial charge in [-0.05, 0) is 11.6 Å². The molecule has 0 heterocycles. The average Bonchev–Trinajstić information content (AvgIpc) is 2.34. The molecule has 0 unspecified atom stereocenters. The molecule has 0 radical (unpaired) electrons. The van der Waals surface area contributed by atoms with Crippen molar-refractivity contribution in [3.05, 3.63) is 0 Å². The van der Waals surface area contributed by atoms with Gasteiger partial charge in [0.15, 0.2) is 0 Å². The van der Waals surface area contributed by atoms with Crippen molar-refractivity contribution in [2.45, 2.75) is 40.7 Å². The zero-order chi connectivity index (χ0) is 22.0. The summed E-state index contributed by atoms with van der Waals surface area (Å²) in [7, 11) is -7.78. The van der Waals surface area contributed by atoms with Crippen LogP contribution in [0.1, 0.15) is 0 Å². The van der Waals surface area contributed by atoms with Crippen molar-refractivity contribution >= 4 is 19.2 Å². The van der Waals surface area contributed by atoms with Crippen molar-refractivity contribution in [1.82, 2.24) is 0 Å². The minimum Gasteiger partial charge on any atom is -0.320 e. The van der Waals surface area contributed by atoms with Crippen molar-refractivity contribution in [3.63, 3.8) is 0 Å². The number of hydrogen-bond donors (Lipinski definition) is 2. The number of alkyl halides is 15. The van der Waals surface area contributed by atoms with Crippen LogP contribution >= 0.6 is 19.2 Å². The molecule has 0 aliphatic rings. The Hall–Kier alpha value is -0.540. The standard InChI is InChI=1S/C7H2ClF14O3P/c8-6(19,20)4(15,16)2(11,12)1(9,10)3(13,14)5(17,18)7(21,22)26(23,24)25/h(H2,23,24,25). The van der Waals surface area contributed by atoms with Gasteiger partial charge in [0.25, 0.3) is 0 Å². The van der Waals surface area contributed by atoms with Crippen molar-refractivity contribution in [3.8, 4) is 0 Å². The summed E-state index contributed by atoms with van der Waals surface area (Å²) in [6, 6.07) is 0. The Labute approximate surface area is 137 Å². The molecule has 26 heavy (non-hydrogen) atoms. The monoisotopic (exact) mass is 466 g/mol. The van der Waals surface area contributed by atoms with Gasteiger partial charge in [0, 0.05) is 0 Å². The van der Waals surface area contributed by atoms with Gasteiger partial charge in [-0.3, -0.25) is 4.57 Å². The van der Waals surface area contributed by atoms with E-state index in [0.717, 1.165) is 0 Å². The van der Waals surface area contributed by atoms with Crippen LogP contribution in [0.4, 0.5) is 61.5 Å². The highest BCUT2D eigenvalue weighted by Gasteiger charge is 2.94. The number of rotatable bonds is 7. The molecule has 0 saturated carbocycles. The van der Waals surface area contributed by atoms with E-state index in [2.05, 4.69) is 11.6 Å². The Kier molecular flexibility index (Phi) is 5.85. The van der Waals surface area contributed by atoms with Gasteiger partial charge in [-0.2, -0.15) is 61.5 Å². The first-order valence-corrected chi connectivity index (χ1v) is 7.13. The number of hydrogen-bond acceptors (Lipinski definition) is 1. The first-order valence-electron chi connectivity index (χ1n) is 5.14. The van der Waals surface area contributed by atoms with Crippen molar-refractivity contribution < 1.29 is 75.8 Å². The molecule has 0 aromatic heterocycles. The van der Waals surface area contributed by atoms with Crippen LogP contribution in [0, 0.1) is 0 Å². The second kappa shape index (κ2) is 5.98. The summed E-state index contributed by atoms with van der Waals surface area (Å²) < 4.78 is 189. The quantitative estimate of drug-likeness (QED) is 0.323. The normalized spacial score (nSPS) is 16.8. The summed E-state index contributed by atoms with van der Waals surface area (Å²) in [5.41, 5.74) is -7.50. The van der Waals surface area contributed by atoms with Crippen molar-refractivity contribution in [2.24, 2.45) is 0 Å². The van der Waals surface area contributed by atoms with Crippen molar-refractivity contribution in [2.75, 3.05) is 0 Å². The molecule has 0 atom stereocenters. The molecule has 2 N–H and O–H groups in total. The van der Waals surface area contributed by atoms with E-state index in [4.69, 9.17) is 9.79 Å². The lowest BCUT2D eigenvalue weighted by molar-refractivity contribution is -0.429. The van der Waals surface area contributed by atoms with Crippen LogP contribution in [0.2, 0.25) is 0 Å². The fourth-order valence-electron chi connectivity index (χ4n) is 1.14. The minimum absolute atomic E-state index is 3.34. The highest BCUT2D eigenvalue weighted by molar-refractivity contribution is 7.53. The smallest absolute Gasteiger partial charge is 0.320 e. The van der Waals surface area contributed by atoms with Gasteiger partial charge in [-0.1, -0.05) is 0 Å². The highest BCUT2D eigenvalue weighted by Crippen LogP contribution is 2.68. The molecule has 0 saturated heterocycles. The van der Waals surface area contributed by atoms with Crippen LogP contribution in [0.25, 0.3) is 0 Å². The largest absolute Gasteiger partial charge is 0.413 e. The Morgan fingerprint density at radius 3 is 1.00 bits per heavy atom. The fraction of sp³-hybridized carbons (Fsp3) is 1.00. The summed E-state index contributed by atoms with van der Waals surface area (Å²) in [4.78, 5) is 15.7. The number of halogens is 15. The Bertz CT molecular complexity index is 592. The van der Waals surface area contributed by atoms with Gasteiger partial charge in [0.1, 0.15) is 0 Å². The zero-order valence-corrected chi connectivity index (χ0v) is 12.6. The maximum atomic E-state index is 13.0. The van der Waals surface area contributed by atoms with Crippen LogP contribution in [-0.2, 0) is 4.57 Å². The van der Waals surface area contributed by atoms with Crippen LogP contribution in [0.3, 0.4) is 0 Å². The van der Waals surface area contributed by atoms with Gasteiger partial charge in [0.05, 0.1) is 0 Å². The zero-order valence-electron chi connectivity index (χ0n) is 10.9. The van der Waals surface area contributed by atoms with E-state index >= 15 is 0 Å². The molecule has 0 aromatic rings. The van der Waals surface area contributed by atoms with E-state index in [1.165, 1.54) is 0 Å².